The van der Waals surface area contributed by atoms with Gasteiger partial charge >= 0.3 is 0 Å². The second-order valence-electron chi connectivity index (χ2n) is 5.71. The van der Waals surface area contributed by atoms with Gasteiger partial charge in [0.05, 0.1) is 16.6 Å². The molecular formula is C20H14ClN3O2. The second-order valence-corrected chi connectivity index (χ2v) is 6.12. The largest absolute Gasteiger partial charge is 0.317 e. The van der Waals surface area contributed by atoms with Crippen LogP contribution < -0.4 is 0 Å². The lowest BCUT2D eigenvalue weighted by atomic mass is 10.1. The molecule has 128 valence electrons. The van der Waals surface area contributed by atoms with E-state index in [0.717, 1.165) is 16.9 Å². The van der Waals surface area contributed by atoms with E-state index in [1.807, 2.05) is 48.0 Å². The SMILES string of the molecule is Cc1ccc(-n2cccc2/C=C(/C#N)c2cccc([N+](=O)[O-])c2)cc1Cl. The van der Waals surface area contributed by atoms with Crippen LogP contribution in [0.2, 0.25) is 5.02 Å². The van der Waals surface area contributed by atoms with Gasteiger partial charge in [-0.3, -0.25) is 10.1 Å². The summed E-state index contributed by atoms with van der Waals surface area (Å²) >= 11 is 6.21. The van der Waals surface area contributed by atoms with Gasteiger partial charge in [-0.2, -0.15) is 5.26 Å². The number of nitriles is 1. The molecule has 0 N–H and O–H groups in total. The summed E-state index contributed by atoms with van der Waals surface area (Å²) in [5, 5.41) is 21.2. The fraction of sp³-hybridized carbons (Fsp3) is 0.0500. The maximum absolute atomic E-state index is 11.0. The Morgan fingerprint density at radius 3 is 2.73 bits per heavy atom. The quantitative estimate of drug-likeness (QED) is 0.353. The summed E-state index contributed by atoms with van der Waals surface area (Å²) in [6.07, 6.45) is 3.57. The van der Waals surface area contributed by atoms with E-state index >= 15 is 0 Å². The van der Waals surface area contributed by atoms with Crippen molar-refractivity contribution in [2.45, 2.75) is 6.92 Å². The summed E-state index contributed by atoms with van der Waals surface area (Å²) in [7, 11) is 0. The molecule has 0 unspecified atom stereocenters. The first-order chi connectivity index (χ1) is 12.5. The molecule has 0 aliphatic carbocycles. The van der Waals surface area contributed by atoms with E-state index in [1.165, 1.54) is 12.1 Å². The highest BCUT2D eigenvalue weighted by molar-refractivity contribution is 6.31. The van der Waals surface area contributed by atoms with Crippen molar-refractivity contribution in [3.8, 4) is 11.8 Å². The molecule has 6 heteroatoms. The minimum absolute atomic E-state index is 0.0515. The Morgan fingerprint density at radius 2 is 2.04 bits per heavy atom. The predicted octanol–water partition coefficient (Wildman–Crippen LogP) is 5.41. The summed E-state index contributed by atoms with van der Waals surface area (Å²) in [6, 6.07) is 17.6. The molecule has 5 nitrogen and oxygen atoms in total. The van der Waals surface area contributed by atoms with Gasteiger partial charge in [0.15, 0.2) is 0 Å². The highest BCUT2D eigenvalue weighted by Gasteiger charge is 2.10. The van der Waals surface area contributed by atoms with Crippen LogP contribution in [0.15, 0.2) is 60.8 Å². The van der Waals surface area contributed by atoms with E-state index in [-0.39, 0.29) is 5.69 Å². The molecule has 0 bridgehead atoms. The maximum Gasteiger partial charge on any atom is 0.270 e. The van der Waals surface area contributed by atoms with Gasteiger partial charge in [0.2, 0.25) is 0 Å². The van der Waals surface area contributed by atoms with E-state index in [1.54, 1.807) is 18.2 Å². The summed E-state index contributed by atoms with van der Waals surface area (Å²) in [5.41, 5.74) is 3.41. The Labute approximate surface area is 155 Å². The molecule has 1 heterocycles. The second kappa shape index (κ2) is 7.26. The van der Waals surface area contributed by atoms with Gasteiger partial charge in [0.25, 0.3) is 5.69 Å². The van der Waals surface area contributed by atoms with Crippen molar-refractivity contribution in [2.75, 3.05) is 0 Å². The van der Waals surface area contributed by atoms with Crippen LogP contribution in [0.1, 0.15) is 16.8 Å². The smallest absolute Gasteiger partial charge is 0.270 e. The molecule has 0 aliphatic heterocycles. The van der Waals surface area contributed by atoms with Crippen molar-refractivity contribution in [3.05, 3.63) is 92.8 Å². The number of nitro groups is 1. The van der Waals surface area contributed by atoms with Crippen molar-refractivity contribution >= 4 is 28.9 Å². The predicted molar refractivity (Wildman–Crippen MR) is 102 cm³/mol. The molecule has 0 atom stereocenters. The highest BCUT2D eigenvalue weighted by atomic mass is 35.5. The number of rotatable bonds is 4. The van der Waals surface area contributed by atoms with Crippen LogP contribution in [0, 0.1) is 28.4 Å². The number of aryl methyl sites for hydroxylation is 1. The molecule has 0 spiro atoms. The van der Waals surface area contributed by atoms with Crippen LogP contribution >= 0.6 is 11.6 Å². The normalized spacial score (nSPS) is 11.2. The van der Waals surface area contributed by atoms with Crippen molar-refractivity contribution in [1.82, 2.24) is 4.57 Å². The average Bonchev–Trinajstić information content (AvgIpc) is 3.10. The first kappa shape index (κ1) is 17.5. The number of aromatic nitrogens is 1. The van der Waals surface area contributed by atoms with Crippen LogP contribution in [0.5, 0.6) is 0 Å². The average molecular weight is 364 g/mol. The van der Waals surface area contributed by atoms with Gasteiger partial charge in [-0.15, -0.1) is 0 Å². The lowest BCUT2D eigenvalue weighted by molar-refractivity contribution is -0.384. The van der Waals surface area contributed by atoms with E-state index in [2.05, 4.69) is 6.07 Å². The molecule has 0 fully saturated rings. The molecule has 3 rings (SSSR count). The van der Waals surface area contributed by atoms with E-state index in [0.29, 0.717) is 16.2 Å². The third-order valence-electron chi connectivity index (χ3n) is 3.99. The van der Waals surface area contributed by atoms with E-state index < -0.39 is 4.92 Å². The first-order valence-electron chi connectivity index (χ1n) is 7.80. The van der Waals surface area contributed by atoms with Crippen LogP contribution in [0.4, 0.5) is 5.69 Å². The molecule has 1 aromatic heterocycles. The Balaban J connectivity index is 2.06. The lowest BCUT2D eigenvalue weighted by Gasteiger charge is -2.09. The van der Waals surface area contributed by atoms with Crippen LogP contribution in [0.3, 0.4) is 0 Å². The fourth-order valence-electron chi connectivity index (χ4n) is 2.59. The number of allylic oxidation sites excluding steroid dienone is 1. The maximum atomic E-state index is 11.0. The van der Waals surface area contributed by atoms with E-state index in [9.17, 15) is 15.4 Å². The zero-order valence-corrected chi connectivity index (χ0v) is 14.6. The molecular weight excluding hydrogens is 350 g/mol. The molecule has 0 saturated heterocycles. The van der Waals surface area contributed by atoms with Crippen molar-refractivity contribution < 1.29 is 4.92 Å². The Morgan fingerprint density at radius 1 is 1.23 bits per heavy atom. The minimum atomic E-state index is -0.477. The number of benzene rings is 2. The van der Waals surface area contributed by atoms with E-state index in [4.69, 9.17) is 11.6 Å². The summed E-state index contributed by atoms with van der Waals surface area (Å²) < 4.78 is 1.90. The Bertz CT molecular complexity index is 1060. The first-order valence-corrected chi connectivity index (χ1v) is 8.18. The monoisotopic (exact) mass is 363 g/mol. The fourth-order valence-corrected chi connectivity index (χ4v) is 2.77. The Kier molecular flexibility index (Phi) is 4.87. The summed E-state index contributed by atoms with van der Waals surface area (Å²) in [6.45, 7) is 1.93. The number of hydrogen-bond donors (Lipinski definition) is 0. The van der Waals surface area contributed by atoms with Crippen molar-refractivity contribution in [3.63, 3.8) is 0 Å². The standard InChI is InChI=1S/C20H14ClN3O2/c1-14-7-8-18(12-20(14)21)23-9-3-6-17(23)11-16(13-22)15-4-2-5-19(10-15)24(25)26/h2-12H,1H3/b16-11-. The lowest BCUT2D eigenvalue weighted by Crippen LogP contribution is -1.96. The number of hydrogen-bond acceptors (Lipinski definition) is 3. The van der Waals surface area contributed by atoms with Crippen molar-refractivity contribution in [2.24, 2.45) is 0 Å². The topological polar surface area (TPSA) is 71.9 Å². The zero-order chi connectivity index (χ0) is 18.7. The third kappa shape index (κ3) is 3.51. The zero-order valence-electron chi connectivity index (χ0n) is 13.9. The van der Waals surface area contributed by atoms with Crippen LogP contribution in [-0.4, -0.2) is 9.49 Å². The molecule has 0 radical (unpaired) electrons. The molecule has 0 saturated carbocycles. The van der Waals surface area contributed by atoms with Crippen LogP contribution in [-0.2, 0) is 0 Å². The summed E-state index contributed by atoms with van der Waals surface area (Å²) in [4.78, 5) is 10.5. The molecule has 0 amide bonds. The minimum Gasteiger partial charge on any atom is -0.317 e. The summed E-state index contributed by atoms with van der Waals surface area (Å²) in [5.74, 6) is 0. The molecule has 3 aromatic rings. The van der Waals surface area contributed by atoms with Crippen molar-refractivity contribution in [1.29, 1.82) is 5.26 Å². The van der Waals surface area contributed by atoms with Gasteiger partial charge in [0.1, 0.15) is 0 Å². The molecule has 2 aromatic carbocycles. The van der Waals surface area contributed by atoms with Gasteiger partial charge in [-0.05, 0) is 48.4 Å². The number of non-ortho nitro benzene ring substituents is 1. The highest BCUT2D eigenvalue weighted by Crippen LogP contribution is 2.25. The molecule has 26 heavy (non-hydrogen) atoms. The van der Waals surface area contributed by atoms with Gasteiger partial charge in [-0.25, -0.2) is 0 Å². The van der Waals surface area contributed by atoms with Crippen LogP contribution in [0.25, 0.3) is 17.3 Å². The van der Waals surface area contributed by atoms with Gasteiger partial charge in [0, 0.05) is 34.7 Å². The Hall–Kier alpha value is -3.36. The van der Waals surface area contributed by atoms with Gasteiger partial charge < -0.3 is 4.57 Å². The molecule has 0 aliphatic rings. The number of nitro benzene ring substituents is 1. The number of nitrogens with zero attached hydrogens (tertiary/aromatic N) is 3. The number of halogens is 1. The van der Waals surface area contributed by atoms with Gasteiger partial charge in [-0.1, -0.05) is 29.8 Å². The third-order valence-corrected chi connectivity index (χ3v) is 4.40.